The highest BCUT2D eigenvalue weighted by atomic mass is 16.1. The first-order chi connectivity index (χ1) is 13.6. The van der Waals surface area contributed by atoms with Crippen LogP contribution in [-0.2, 0) is 11.2 Å². The average Bonchev–Trinajstić information content (AvgIpc) is 3.14. The molecule has 0 amide bonds. The Morgan fingerprint density at radius 3 is 2.46 bits per heavy atom. The first-order valence-corrected chi connectivity index (χ1v) is 8.89. The molecule has 0 radical (unpaired) electrons. The molecule has 2 N–H and O–H groups in total. The number of hydrogen-bond acceptors (Lipinski definition) is 5. The van der Waals surface area contributed by atoms with Gasteiger partial charge in [-0.05, 0) is 24.6 Å². The van der Waals surface area contributed by atoms with E-state index in [9.17, 15) is 9.59 Å². The molecule has 4 rings (SSSR count). The van der Waals surface area contributed by atoms with Crippen LogP contribution in [0.4, 0.5) is 11.5 Å². The zero-order valence-corrected chi connectivity index (χ0v) is 15.3. The van der Waals surface area contributed by atoms with Crippen LogP contribution in [0.2, 0.25) is 0 Å². The highest BCUT2D eigenvalue weighted by Crippen LogP contribution is 2.28. The fraction of sp³-hybridized carbons (Fsp3) is 0.0909. The second-order valence-corrected chi connectivity index (χ2v) is 6.54. The van der Waals surface area contributed by atoms with Crippen LogP contribution in [0.5, 0.6) is 0 Å². The number of Topliss-reactive ketones (excluding diaryl/α,β-unsaturated/α-hetero) is 1. The number of anilines is 2. The average molecular weight is 370 g/mol. The Morgan fingerprint density at radius 2 is 1.75 bits per heavy atom. The standard InChI is InChI=1S/C22H18N4O2/c1-14(27)11-15-7-9-17(10-8-15)26-22-19-18(12-23-21(19)24-13-25-22)20(28)16-5-3-2-4-6-16/h2-10,12-13H,11H2,1H3,(H2,23,24,25,26). The number of hydrogen-bond donors (Lipinski definition) is 2. The molecule has 2 aromatic heterocycles. The van der Waals surface area contributed by atoms with Gasteiger partial charge in [-0.15, -0.1) is 0 Å². The summed E-state index contributed by atoms with van der Waals surface area (Å²) in [6.45, 7) is 1.57. The van der Waals surface area contributed by atoms with Crippen molar-refractivity contribution in [3.05, 3.63) is 83.8 Å². The molecule has 4 aromatic rings. The van der Waals surface area contributed by atoms with Crippen molar-refractivity contribution in [2.75, 3.05) is 5.32 Å². The number of ketones is 2. The molecule has 0 spiro atoms. The van der Waals surface area contributed by atoms with Crippen molar-refractivity contribution < 1.29 is 9.59 Å². The molecule has 0 unspecified atom stereocenters. The van der Waals surface area contributed by atoms with Crippen LogP contribution in [0.1, 0.15) is 28.4 Å². The summed E-state index contributed by atoms with van der Waals surface area (Å²) in [7, 11) is 0. The normalized spacial score (nSPS) is 10.8. The molecule has 138 valence electrons. The minimum atomic E-state index is -0.0958. The van der Waals surface area contributed by atoms with Crippen LogP contribution in [-0.4, -0.2) is 26.5 Å². The van der Waals surface area contributed by atoms with E-state index in [0.717, 1.165) is 11.3 Å². The molecular weight excluding hydrogens is 352 g/mol. The van der Waals surface area contributed by atoms with Gasteiger partial charge in [0.1, 0.15) is 23.6 Å². The van der Waals surface area contributed by atoms with E-state index in [0.29, 0.717) is 34.4 Å². The Balaban J connectivity index is 1.69. The number of carbonyl (C=O) groups excluding carboxylic acids is 2. The minimum Gasteiger partial charge on any atom is -0.345 e. The van der Waals surface area contributed by atoms with Crippen molar-refractivity contribution in [2.45, 2.75) is 13.3 Å². The molecule has 28 heavy (non-hydrogen) atoms. The summed E-state index contributed by atoms with van der Waals surface area (Å²) in [5, 5.41) is 3.89. The molecule has 0 aliphatic carbocycles. The number of nitrogens with one attached hydrogen (secondary N) is 2. The molecule has 0 aliphatic rings. The van der Waals surface area contributed by atoms with Gasteiger partial charge in [-0.3, -0.25) is 9.59 Å². The molecular formula is C22H18N4O2. The molecule has 2 heterocycles. The molecule has 6 nitrogen and oxygen atoms in total. The lowest BCUT2D eigenvalue weighted by atomic mass is 10.0. The lowest BCUT2D eigenvalue weighted by Gasteiger charge is -2.09. The monoisotopic (exact) mass is 370 g/mol. The number of H-pyrrole nitrogens is 1. The summed E-state index contributed by atoms with van der Waals surface area (Å²) >= 11 is 0. The van der Waals surface area contributed by atoms with Crippen LogP contribution in [0.15, 0.2) is 67.1 Å². The number of rotatable bonds is 6. The van der Waals surface area contributed by atoms with Gasteiger partial charge < -0.3 is 10.3 Å². The van der Waals surface area contributed by atoms with Gasteiger partial charge in [0.25, 0.3) is 0 Å². The number of fused-ring (bicyclic) bond motifs is 1. The maximum Gasteiger partial charge on any atom is 0.195 e. The van der Waals surface area contributed by atoms with Crippen molar-refractivity contribution in [1.29, 1.82) is 0 Å². The molecule has 2 aromatic carbocycles. The fourth-order valence-electron chi connectivity index (χ4n) is 3.11. The van der Waals surface area contributed by atoms with E-state index in [1.807, 2.05) is 42.5 Å². The van der Waals surface area contributed by atoms with Crippen LogP contribution in [0, 0.1) is 0 Å². The minimum absolute atomic E-state index is 0.0958. The van der Waals surface area contributed by atoms with E-state index in [-0.39, 0.29) is 11.6 Å². The number of aromatic amines is 1. The van der Waals surface area contributed by atoms with E-state index >= 15 is 0 Å². The van der Waals surface area contributed by atoms with E-state index < -0.39 is 0 Å². The molecule has 0 saturated carbocycles. The van der Waals surface area contributed by atoms with Crippen molar-refractivity contribution in [3.8, 4) is 0 Å². The van der Waals surface area contributed by atoms with Crippen molar-refractivity contribution in [1.82, 2.24) is 15.0 Å². The lowest BCUT2D eigenvalue weighted by molar-refractivity contribution is -0.116. The number of carbonyl (C=O) groups is 2. The highest BCUT2D eigenvalue weighted by molar-refractivity contribution is 6.18. The quantitative estimate of drug-likeness (QED) is 0.500. The summed E-state index contributed by atoms with van der Waals surface area (Å²) in [6, 6.07) is 16.7. The summed E-state index contributed by atoms with van der Waals surface area (Å²) in [5.41, 5.74) is 3.47. The Hall–Kier alpha value is -3.80. The molecule has 6 heteroatoms. The Bertz CT molecular complexity index is 1150. The summed E-state index contributed by atoms with van der Waals surface area (Å²) < 4.78 is 0. The van der Waals surface area contributed by atoms with Crippen LogP contribution in [0.3, 0.4) is 0 Å². The predicted molar refractivity (Wildman–Crippen MR) is 108 cm³/mol. The first kappa shape index (κ1) is 17.6. The maximum atomic E-state index is 12.9. The van der Waals surface area contributed by atoms with E-state index in [1.54, 1.807) is 25.3 Å². The SMILES string of the molecule is CC(=O)Cc1ccc(Nc2ncnc3[nH]cc(C(=O)c4ccccc4)c23)cc1. The first-order valence-electron chi connectivity index (χ1n) is 8.89. The third-order valence-corrected chi connectivity index (χ3v) is 4.42. The Morgan fingerprint density at radius 1 is 1.00 bits per heavy atom. The third-order valence-electron chi connectivity index (χ3n) is 4.42. The number of nitrogens with zero attached hydrogens (tertiary/aromatic N) is 2. The molecule has 0 atom stereocenters. The Kier molecular flexibility index (Phi) is 4.68. The van der Waals surface area contributed by atoms with E-state index in [2.05, 4.69) is 20.3 Å². The van der Waals surface area contributed by atoms with E-state index in [4.69, 9.17) is 0 Å². The largest absolute Gasteiger partial charge is 0.345 e. The second-order valence-electron chi connectivity index (χ2n) is 6.54. The van der Waals surface area contributed by atoms with Gasteiger partial charge in [0.05, 0.1) is 10.9 Å². The van der Waals surface area contributed by atoms with Gasteiger partial charge in [0.15, 0.2) is 5.78 Å². The van der Waals surface area contributed by atoms with Crippen LogP contribution < -0.4 is 5.32 Å². The zero-order valence-electron chi connectivity index (χ0n) is 15.3. The molecule has 0 fully saturated rings. The molecule has 0 bridgehead atoms. The van der Waals surface area contributed by atoms with Gasteiger partial charge in [-0.2, -0.15) is 0 Å². The van der Waals surface area contributed by atoms with Gasteiger partial charge in [-0.25, -0.2) is 9.97 Å². The van der Waals surface area contributed by atoms with Crippen molar-refractivity contribution >= 4 is 34.1 Å². The molecule has 0 saturated heterocycles. The summed E-state index contributed by atoms with van der Waals surface area (Å²) in [6.07, 6.45) is 3.52. The fourth-order valence-corrected chi connectivity index (χ4v) is 3.11. The highest BCUT2D eigenvalue weighted by Gasteiger charge is 2.18. The van der Waals surface area contributed by atoms with Crippen molar-refractivity contribution in [2.24, 2.45) is 0 Å². The van der Waals surface area contributed by atoms with Gasteiger partial charge >= 0.3 is 0 Å². The van der Waals surface area contributed by atoms with Gasteiger partial charge in [-0.1, -0.05) is 42.5 Å². The van der Waals surface area contributed by atoms with Crippen molar-refractivity contribution in [3.63, 3.8) is 0 Å². The van der Waals surface area contributed by atoms with Crippen LogP contribution in [0.25, 0.3) is 11.0 Å². The predicted octanol–water partition coefficient (Wildman–Crippen LogP) is 4.06. The maximum absolute atomic E-state index is 12.9. The Labute approximate surface area is 161 Å². The summed E-state index contributed by atoms with van der Waals surface area (Å²) in [4.78, 5) is 35.8. The zero-order chi connectivity index (χ0) is 19.5. The van der Waals surface area contributed by atoms with E-state index in [1.165, 1.54) is 6.33 Å². The van der Waals surface area contributed by atoms with Crippen LogP contribution >= 0.6 is 0 Å². The smallest absolute Gasteiger partial charge is 0.195 e. The van der Waals surface area contributed by atoms with Gasteiger partial charge in [0, 0.05) is 23.9 Å². The third kappa shape index (κ3) is 3.53. The van der Waals surface area contributed by atoms with Gasteiger partial charge in [0.2, 0.25) is 0 Å². The number of benzene rings is 2. The lowest BCUT2D eigenvalue weighted by Crippen LogP contribution is -2.03. The summed E-state index contributed by atoms with van der Waals surface area (Å²) in [5.74, 6) is 0.570. The molecule has 0 aliphatic heterocycles. The topological polar surface area (TPSA) is 87.7 Å². The second kappa shape index (κ2) is 7.44. The number of aromatic nitrogens is 3.